The molecular weight excluding hydrogens is 214 g/mol. The van der Waals surface area contributed by atoms with Crippen molar-refractivity contribution < 1.29 is 4.79 Å². The highest BCUT2D eigenvalue weighted by Crippen LogP contribution is 2.19. The second kappa shape index (κ2) is 5.83. The monoisotopic (exact) mass is 239 g/mol. The number of rotatable bonds is 3. The number of nitrogens with one attached hydrogen (secondary N) is 2. The molecule has 2 rings (SSSR count). The van der Waals surface area contributed by atoms with Crippen molar-refractivity contribution in [2.24, 2.45) is 5.92 Å². The molecule has 0 aromatic carbocycles. The van der Waals surface area contributed by atoms with E-state index >= 15 is 0 Å². The zero-order chi connectivity index (χ0) is 12.3. The predicted molar refractivity (Wildman–Crippen MR) is 68.9 cm³/mol. The van der Waals surface area contributed by atoms with E-state index in [1.807, 2.05) is 0 Å². The minimum Gasteiger partial charge on any atom is -0.355 e. The molecule has 2 heterocycles. The van der Waals surface area contributed by atoms with Gasteiger partial charge in [0.25, 0.3) is 0 Å². The fourth-order valence-corrected chi connectivity index (χ4v) is 3.00. The Kier molecular flexibility index (Phi) is 4.40. The topological polar surface area (TPSA) is 44.4 Å². The highest BCUT2D eigenvalue weighted by molar-refractivity contribution is 5.82. The largest absolute Gasteiger partial charge is 0.355 e. The van der Waals surface area contributed by atoms with Crippen molar-refractivity contribution >= 4 is 5.91 Å². The Morgan fingerprint density at radius 2 is 2.24 bits per heavy atom. The van der Waals surface area contributed by atoms with Gasteiger partial charge in [-0.3, -0.25) is 4.79 Å². The van der Waals surface area contributed by atoms with Crippen LogP contribution in [-0.2, 0) is 4.79 Å². The molecule has 4 nitrogen and oxygen atoms in total. The summed E-state index contributed by atoms with van der Waals surface area (Å²) in [5, 5.41) is 6.46. The summed E-state index contributed by atoms with van der Waals surface area (Å²) in [5.41, 5.74) is 0. The van der Waals surface area contributed by atoms with Gasteiger partial charge in [-0.05, 0) is 52.1 Å². The molecule has 98 valence electrons. The van der Waals surface area contributed by atoms with E-state index in [-0.39, 0.29) is 11.9 Å². The molecule has 0 bridgehead atoms. The third-order valence-corrected chi connectivity index (χ3v) is 4.12. The summed E-state index contributed by atoms with van der Waals surface area (Å²) in [6.07, 6.45) is 4.65. The first kappa shape index (κ1) is 12.8. The van der Waals surface area contributed by atoms with Gasteiger partial charge in [-0.25, -0.2) is 0 Å². The first-order valence-corrected chi connectivity index (χ1v) is 6.89. The summed E-state index contributed by atoms with van der Waals surface area (Å²) in [5.74, 6) is 0.871. The Labute approximate surface area is 104 Å². The standard InChI is InChI=1S/C13H25N3O/c1-10(11-5-4-8-16(2)9-11)15-12-6-3-7-14-13(12)17/h10-12,15H,3-9H2,1-2H3,(H,14,17). The summed E-state index contributed by atoms with van der Waals surface area (Å²) in [4.78, 5) is 14.1. The van der Waals surface area contributed by atoms with Crippen molar-refractivity contribution in [2.45, 2.75) is 44.7 Å². The van der Waals surface area contributed by atoms with Crippen LogP contribution in [0.2, 0.25) is 0 Å². The zero-order valence-corrected chi connectivity index (χ0v) is 11.0. The quantitative estimate of drug-likeness (QED) is 0.757. The maximum absolute atomic E-state index is 11.7. The van der Waals surface area contributed by atoms with Crippen molar-refractivity contribution in [3.8, 4) is 0 Å². The van der Waals surface area contributed by atoms with E-state index in [1.165, 1.54) is 19.4 Å². The molecule has 0 aromatic rings. The predicted octanol–water partition coefficient (Wildman–Crippen LogP) is 0.585. The number of likely N-dealkylation sites (tertiary alicyclic amines) is 1. The molecular formula is C13H25N3O. The molecule has 17 heavy (non-hydrogen) atoms. The summed E-state index contributed by atoms with van der Waals surface area (Å²) in [6.45, 7) is 5.44. The number of piperidine rings is 2. The van der Waals surface area contributed by atoms with E-state index in [0.29, 0.717) is 12.0 Å². The second-order valence-electron chi connectivity index (χ2n) is 5.61. The molecule has 0 saturated carbocycles. The van der Waals surface area contributed by atoms with Gasteiger partial charge in [0.15, 0.2) is 0 Å². The van der Waals surface area contributed by atoms with Crippen LogP contribution < -0.4 is 10.6 Å². The molecule has 2 saturated heterocycles. The zero-order valence-electron chi connectivity index (χ0n) is 11.0. The minimum atomic E-state index is 0.0333. The lowest BCUT2D eigenvalue weighted by atomic mass is 9.91. The average molecular weight is 239 g/mol. The van der Waals surface area contributed by atoms with E-state index in [1.54, 1.807) is 0 Å². The molecule has 2 aliphatic heterocycles. The summed E-state index contributed by atoms with van der Waals surface area (Å²) in [6, 6.07) is 0.470. The number of amides is 1. The smallest absolute Gasteiger partial charge is 0.237 e. The third kappa shape index (κ3) is 3.42. The van der Waals surface area contributed by atoms with E-state index in [9.17, 15) is 4.79 Å². The van der Waals surface area contributed by atoms with Gasteiger partial charge < -0.3 is 15.5 Å². The lowest BCUT2D eigenvalue weighted by Crippen LogP contribution is -2.54. The van der Waals surface area contributed by atoms with Crippen LogP contribution in [0.15, 0.2) is 0 Å². The van der Waals surface area contributed by atoms with Crippen LogP contribution in [0.1, 0.15) is 32.6 Å². The highest BCUT2D eigenvalue weighted by atomic mass is 16.2. The molecule has 1 amide bonds. The number of hydrogen-bond donors (Lipinski definition) is 2. The lowest BCUT2D eigenvalue weighted by Gasteiger charge is -2.36. The van der Waals surface area contributed by atoms with Gasteiger partial charge in [0.2, 0.25) is 5.91 Å². The Hall–Kier alpha value is -0.610. The van der Waals surface area contributed by atoms with Crippen LogP contribution >= 0.6 is 0 Å². The normalized spacial score (nSPS) is 33.2. The van der Waals surface area contributed by atoms with Crippen molar-refractivity contribution in [2.75, 3.05) is 26.7 Å². The fraction of sp³-hybridized carbons (Fsp3) is 0.923. The fourth-order valence-electron chi connectivity index (χ4n) is 3.00. The average Bonchev–Trinajstić information content (AvgIpc) is 2.32. The van der Waals surface area contributed by atoms with Crippen LogP contribution in [0.4, 0.5) is 0 Å². The van der Waals surface area contributed by atoms with Crippen LogP contribution in [0.5, 0.6) is 0 Å². The molecule has 3 unspecified atom stereocenters. The lowest BCUT2D eigenvalue weighted by molar-refractivity contribution is -0.124. The SMILES string of the molecule is CC(NC1CCCNC1=O)C1CCCN(C)C1. The molecule has 0 spiro atoms. The first-order chi connectivity index (χ1) is 8.16. The van der Waals surface area contributed by atoms with Gasteiger partial charge in [-0.2, -0.15) is 0 Å². The Morgan fingerprint density at radius 1 is 1.41 bits per heavy atom. The summed E-state index contributed by atoms with van der Waals surface area (Å²) in [7, 11) is 2.19. The first-order valence-electron chi connectivity index (χ1n) is 6.89. The van der Waals surface area contributed by atoms with Crippen LogP contribution in [0, 0.1) is 5.92 Å². The van der Waals surface area contributed by atoms with Crippen molar-refractivity contribution in [1.29, 1.82) is 0 Å². The molecule has 0 radical (unpaired) electrons. The minimum absolute atomic E-state index is 0.0333. The molecule has 2 aliphatic rings. The highest BCUT2D eigenvalue weighted by Gasteiger charge is 2.28. The Bertz CT molecular complexity index is 269. The van der Waals surface area contributed by atoms with Crippen molar-refractivity contribution in [3.05, 3.63) is 0 Å². The van der Waals surface area contributed by atoms with Gasteiger partial charge in [-0.15, -0.1) is 0 Å². The Balaban J connectivity index is 1.82. The second-order valence-corrected chi connectivity index (χ2v) is 5.61. The Morgan fingerprint density at radius 3 is 2.94 bits per heavy atom. The third-order valence-electron chi connectivity index (χ3n) is 4.12. The van der Waals surface area contributed by atoms with Crippen LogP contribution in [0.3, 0.4) is 0 Å². The van der Waals surface area contributed by atoms with Gasteiger partial charge in [0.05, 0.1) is 6.04 Å². The molecule has 4 heteroatoms. The summed E-state index contributed by atoms with van der Waals surface area (Å²) >= 11 is 0. The molecule has 3 atom stereocenters. The van der Waals surface area contributed by atoms with Crippen molar-refractivity contribution in [3.63, 3.8) is 0 Å². The molecule has 0 aromatic heterocycles. The van der Waals surface area contributed by atoms with E-state index in [2.05, 4.69) is 29.5 Å². The maximum Gasteiger partial charge on any atom is 0.237 e. The van der Waals surface area contributed by atoms with Crippen LogP contribution in [-0.4, -0.2) is 49.6 Å². The summed E-state index contributed by atoms with van der Waals surface area (Å²) < 4.78 is 0. The van der Waals surface area contributed by atoms with Gasteiger partial charge in [0.1, 0.15) is 0 Å². The number of hydrogen-bond acceptors (Lipinski definition) is 3. The van der Waals surface area contributed by atoms with E-state index in [4.69, 9.17) is 0 Å². The van der Waals surface area contributed by atoms with Crippen LogP contribution in [0.25, 0.3) is 0 Å². The number of nitrogens with zero attached hydrogens (tertiary/aromatic N) is 1. The molecule has 2 fully saturated rings. The molecule has 2 N–H and O–H groups in total. The molecule has 0 aliphatic carbocycles. The van der Waals surface area contributed by atoms with E-state index < -0.39 is 0 Å². The van der Waals surface area contributed by atoms with E-state index in [0.717, 1.165) is 25.9 Å². The number of carbonyl (C=O) groups excluding carboxylic acids is 1. The van der Waals surface area contributed by atoms with Gasteiger partial charge >= 0.3 is 0 Å². The van der Waals surface area contributed by atoms with Gasteiger partial charge in [0, 0.05) is 19.1 Å². The number of carbonyl (C=O) groups is 1. The van der Waals surface area contributed by atoms with Gasteiger partial charge in [-0.1, -0.05) is 0 Å². The maximum atomic E-state index is 11.7. The van der Waals surface area contributed by atoms with Crippen molar-refractivity contribution in [1.82, 2.24) is 15.5 Å².